The lowest BCUT2D eigenvalue weighted by molar-refractivity contribution is -0.222. The monoisotopic (exact) mass is 262 g/mol. The molecule has 0 N–H and O–H groups in total. The van der Waals surface area contributed by atoms with Crippen LogP contribution < -0.4 is 0 Å². The van der Waals surface area contributed by atoms with E-state index in [9.17, 15) is 18.0 Å². The van der Waals surface area contributed by atoms with Gasteiger partial charge in [-0.2, -0.15) is 13.2 Å². The number of hydrogen-bond acceptors (Lipinski definition) is 2. The number of alkyl halides is 3. The van der Waals surface area contributed by atoms with Crippen LogP contribution in [0.2, 0.25) is 0 Å². The first-order valence-electron chi connectivity index (χ1n) is 5.37. The number of halogens is 3. The molecular formula is C13H17F3O2. The summed E-state index contributed by atoms with van der Waals surface area (Å²) >= 11 is 0. The molecule has 0 aromatic carbocycles. The minimum atomic E-state index is -4.68. The van der Waals surface area contributed by atoms with E-state index < -0.39 is 17.6 Å². The van der Waals surface area contributed by atoms with Gasteiger partial charge >= 0.3 is 12.1 Å². The molecule has 0 atom stereocenters. The van der Waals surface area contributed by atoms with Gasteiger partial charge in [-0.1, -0.05) is 32.2 Å². The van der Waals surface area contributed by atoms with Crippen molar-refractivity contribution in [2.45, 2.75) is 33.4 Å². The van der Waals surface area contributed by atoms with Crippen LogP contribution in [-0.2, 0) is 9.53 Å². The fourth-order valence-corrected chi connectivity index (χ4v) is 0.774. The topological polar surface area (TPSA) is 26.3 Å². The summed E-state index contributed by atoms with van der Waals surface area (Å²) in [6.45, 7) is 10.3. The lowest BCUT2D eigenvalue weighted by Crippen LogP contribution is -2.40. The van der Waals surface area contributed by atoms with Crippen molar-refractivity contribution >= 4 is 5.97 Å². The van der Waals surface area contributed by atoms with Gasteiger partial charge in [0.25, 0.3) is 0 Å². The number of hydrogen-bond donors (Lipinski definition) is 0. The summed E-state index contributed by atoms with van der Waals surface area (Å²) in [5.41, 5.74) is -2.31. The van der Waals surface area contributed by atoms with Crippen molar-refractivity contribution in [3.63, 3.8) is 0 Å². The zero-order chi connectivity index (χ0) is 14.6. The van der Waals surface area contributed by atoms with Crippen molar-refractivity contribution in [3.05, 3.63) is 36.6 Å². The third kappa shape index (κ3) is 4.05. The van der Waals surface area contributed by atoms with Gasteiger partial charge in [0.2, 0.25) is 0 Å². The Kier molecular flexibility index (Phi) is 5.39. The molecular weight excluding hydrogens is 245 g/mol. The van der Waals surface area contributed by atoms with Crippen LogP contribution >= 0.6 is 0 Å². The van der Waals surface area contributed by atoms with Crippen molar-refractivity contribution in [1.29, 1.82) is 0 Å². The van der Waals surface area contributed by atoms with Crippen molar-refractivity contribution in [2.75, 3.05) is 0 Å². The molecule has 0 radical (unpaired) electrons. The predicted octanol–water partition coefficient (Wildman–Crippen LogP) is 4.15. The largest absolute Gasteiger partial charge is 0.426 e. The first-order valence-corrected chi connectivity index (χ1v) is 5.37. The van der Waals surface area contributed by atoms with Gasteiger partial charge in [0.1, 0.15) is 5.76 Å². The predicted molar refractivity (Wildman–Crippen MR) is 63.6 cm³/mol. The molecule has 5 heteroatoms. The third-order valence-corrected chi connectivity index (χ3v) is 2.35. The summed E-state index contributed by atoms with van der Waals surface area (Å²) in [6.07, 6.45) is -0.675. The normalized spacial score (nSPS) is 12.6. The molecule has 2 nitrogen and oxygen atoms in total. The van der Waals surface area contributed by atoms with E-state index in [1.165, 1.54) is 6.08 Å². The smallest absolute Gasteiger partial charge is 0.404 e. The Balaban J connectivity index is 4.74. The second-order valence-electron chi connectivity index (χ2n) is 4.27. The Bertz CT molecular complexity index is 376. The van der Waals surface area contributed by atoms with Gasteiger partial charge in [0.05, 0.1) is 0 Å². The van der Waals surface area contributed by atoms with E-state index in [1.54, 1.807) is 6.08 Å². The van der Waals surface area contributed by atoms with Crippen molar-refractivity contribution < 1.29 is 22.7 Å². The first-order chi connectivity index (χ1) is 8.04. The van der Waals surface area contributed by atoms with E-state index in [2.05, 4.69) is 17.9 Å². The Morgan fingerprint density at radius 3 is 2.17 bits per heavy atom. The molecule has 0 saturated heterocycles. The molecule has 0 heterocycles. The molecule has 0 aliphatic carbocycles. The van der Waals surface area contributed by atoms with Crippen LogP contribution in [-0.4, -0.2) is 12.1 Å². The molecule has 0 aromatic heterocycles. The van der Waals surface area contributed by atoms with Crippen LogP contribution in [0.25, 0.3) is 0 Å². The SMILES string of the molecule is C=C(/C=C\CC)C(=C)OC(=O)C(C)(C)C(F)(F)F. The lowest BCUT2D eigenvalue weighted by Gasteiger charge is -2.25. The van der Waals surface area contributed by atoms with Crippen molar-refractivity contribution in [3.8, 4) is 0 Å². The standard InChI is InChI=1S/C13H17F3O2/c1-6-7-8-9(2)10(3)18-11(17)12(4,5)13(14,15)16/h7-8H,2-3,6H2,1,4-5H3/b8-7-. The highest BCUT2D eigenvalue weighted by atomic mass is 19.4. The van der Waals surface area contributed by atoms with Crippen LogP contribution in [0.3, 0.4) is 0 Å². The second-order valence-corrected chi connectivity index (χ2v) is 4.27. The Morgan fingerprint density at radius 1 is 1.28 bits per heavy atom. The molecule has 0 saturated carbocycles. The van der Waals surface area contributed by atoms with E-state index in [0.717, 1.165) is 20.3 Å². The zero-order valence-electron chi connectivity index (χ0n) is 10.7. The molecule has 102 valence electrons. The highest BCUT2D eigenvalue weighted by Crippen LogP contribution is 2.39. The number of allylic oxidation sites excluding steroid dienone is 2. The Hall–Kier alpha value is -1.52. The molecule has 0 unspecified atom stereocenters. The van der Waals surface area contributed by atoms with Crippen LogP contribution in [0.15, 0.2) is 36.6 Å². The van der Waals surface area contributed by atoms with Crippen LogP contribution in [0.5, 0.6) is 0 Å². The average molecular weight is 262 g/mol. The summed E-state index contributed by atoms with van der Waals surface area (Å²) in [5, 5.41) is 0. The average Bonchev–Trinajstić information content (AvgIpc) is 2.23. The number of ether oxygens (including phenoxy) is 1. The molecule has 0 spiro atoms. The minimum absolute atomic E-state index is 0.179. The highest BCUT2D eigenvalue weighted by molar-refractivity contribution is 5.78. The van der Waals surface area contributed by atoms with Gasteiger partial charge in [0.15, 0.2) is 5.41 Å². The molecule has 0 bridgehead atoms. The van der Waals surface area contributed by atoms with E-state index >= 15 is 0 Å². The minimum Gasteiger partial charge on any atom is -0.426 e. The molecule has 0 aliphatic rings. The van der Waals surface area contributed by atoms with Gasteiger partial charge in [-0.15, -0.1) is 0 Å². The fourth-order valence-electron chi connectivity index (χ4n) is 0.774. The van der Waals surface area contributed by atoms with Crippen LogP contribution in [0.1, 0.15) is 27.2 Å². The lowest BCUT2D eigenvalue weighted by atomic mass is 9.93. The first kappa shape index (κ1) is 16.5. The van der Waals surface area contributed by atoms with Gasteiger partial charge in [0, 0.05) is 5.57 Å². The third-order valence-electron chi connectivity index (χ3n) is 2.35. The maximum absolute atomic E-state index is 12.6. The summed E-state index contributed by atoms with van der Waals surface area (Å²) in [7, 11) is 0. The van der Waals surface area contributed by atoms with E-state index in [4.69, 9.17) is 0 Å². The van der Waals surface area contributed by atoms with Gasteiger partial charge in [-0.3, -0.25) is 4.79 Å². The molecule has 0 amide bonds. The van der Waals surface area contributed by atoms with Crippen molar-refractivity contribution in [2.24, 2.45) is 5.41 Å². The summed E-state index contributed by atoms with van der Waals surface area (Å²) in [6, 6.07) is 0. The second kappa shape index (κ2) is 5.89. The maximum Gasteiger partial charge on any atom is 0.404 e. The molecule has 0 aliphatic heterocycles. The van der Waals surface area contributed by atoms with Gasteiger partial charge < -0.3 is 4.74 Å². The van der Waals surface area contributed by atoms with E-state index in [1.807, 2.05) is 6.92 Å². The number of rotatable bonds is 5. The van der Waals surface area contributed by atoms with Crippen LogP contribution in [0, 0.1) is 5.41 Å². The highest BCUT2D eigenvalue weighted by Gasteiger charge is 2.54. The molecule has 18 heavy (non-hydrogen) atoms. The molecule has 0 rings (SSSR count). The Labute approximate surface area is 105 Å². The number of carbonyl (C=O) groups is 1. The fraction of sp³-hybridized carbons (Fsp3) is 0.462. The summed E-state index contributed by atoms with van der Waals surface area (Å²) in [4.78, 5) is 11.4. The van der Waals surface area contributed by atoms with Gasteiger partial charge in [-0.05, 0) is 20.3 Å². The quantitative estimate of drug-likeness (QED) is 0.422. The number of carbonyl (C=O) groups excluding carboxylic acids is 1. The van der Waals surface area contributed by atoms with Gasteiger partial charge in [-0.25, -0.2) is 0 Å². The maximum atomic E-state index is 12.6. The van der Waals surface area contributed by atoms with E-state index in [0.29, 0.717) is 0 Å². The molecule has 0 fully saturated rings. The number of esters is 1. The summed E-state index contributed by atoms with van der Waals surface area (Å²) < 4.78 is 42.3. The van der Waals surface area contributed by atoms with Crippen LogP contribution in [0.4, 0.5) is 13.2 Å². The molecule has 0 aromatic rings. The van der Waals surface area contributed by atoms with E-state index in [-0.39, 0.29) is 11.3 Å². The Morgan fingerprint density at radius 2 is 1.78 bits per heavy atom. The summed E-state index contributed by atoms with van der Waals surface area (Å²) in [5.74, 6) is -1.58. The zero-order valence-corrected chi connectivity index (χ0v) is 10.7. The van der Waals surface area contributed by atoms with Crippen molar-refractivity contribution in [1.82, 2.24) is 0 Å².